The molecule has 0 atom stereocenters. The Morgan fingerprint density at radius 1 is 1.14 bits per heavy atom. The molecule has 2 aromatic carbocycles. The number of methoxy groups -OCH3 is 2. The van der Waals surface area contributed by atoms with Crippen molar-refractivity contribution in [3.63, 3.8) is 0 Å². The lowest BCUT2D eigenvalue weighted by Crippen LogP contribution is -2.06. The van der Waals surface area contributed by atoms with Gasteiger partial charge in [0.05, 0.1) is 43.5 Å². The SMILES string of the molecule is COc1ccc(-c2ccc(/C=N/NCc3ccccc3OC)o2)c([N+](=O)[O-])c1. The highest BCUT2D eigenvalue weighted by atomic mass is 16.6. The van der Waals surface area contributed by atoms with E-state index in [4.69, 9.17) is 13.9 Å². The largest absolute Gasteiger partial charge is 0.497 e. The molecule has 1 aromatic heterocycles. The Labute approximate surface area is 161 Å². The molecule has 0 spiro atoms. The first-order chi connectivity index (χ1) is 13.6. The number of hydrogen-bond donors (Lipinski definition) is 1. The summed E-state index contributed by atoms with van der Waals surface area (Å²) in [6, 6.07) is 15.6. The normalized spacial score (nSPS) is 10.8. The molecule has 8 nitrogen and oxygen atoms in total. The van der Waals surface area contributed by atoms with Gasteiger partial charge in [0.25, 0.3) is 5.69 Å². The van der Waals surface area contributed by atoms with E-state index in [2.05, 4.69) is 10.5 Å². The molecule has 8 heteroatoms. The molecule has 0 bridgehead atoms. The van der Waals surface area contributed by atoms with Gasteiger partial charge in [-0.05, 0) is 30.3 Å². The molecule has 0 fully saturated rings. The lowest BCUT2D eigenvalue weighted by atomic mass is 10.1. The molecule has 0 aliphatic rings. The fourth-order valence-electron chi connectivity index (χ4n) is 2.65. The Morgan fingerprint density at radius 2 is 1.96 bits per heavy atom. The first-order valence-electron chi connectivity index (χ1n) is 8.43. The van der Waals surface area contributed by atoms with Gasteiger partial charge in [-0.15, -0.1) is 0 Å². The number of nitrogens with zero attached hydrogens (tertiary/aromatic N) is 2. The average molecular weight is 381 g/mol. The van der Waals surface area contributed by atoms with Gasteiger partial charge in [-0.25, -0.2) is 0 Å². The maximum Gasteiger partial charge on any atom is 0.284 e. The van der Waals surface area contributed by atoms with Gasteiger partial charge in [0.1, 0.15) is 23.0 Å². The number of benzene rings is 2. The molecule has 1 heterocycles. The van der Waals surface area contributed by atoms with Crippen molar-refractivity contribution in [1.82, 2.24) is 5.43 Å². The van der Waals surface area contributed by atoms with Crippen LogP contribution in [0.1, 0.15) is 11.3 Å². The first-order valence-corrected chi connectivity index (χ1v) is 8.43. The molecule has 0 radical (unpaired) electrons. The molecule has 28 heavy (non-hydrogen) atoms. The second-order valence-electron chi connectivity index (χ2n) is 5.75. The topological polar surface area (TPSA) is 99.1 Å². The molecule has 1 N–H and O–H groups in total. The Hall–Kier alpha value is -3.81. The lowest BCUT2D eigenvalue weighted by Gasteiger charge is -2.06. The van der Waals surface area contributed by atoms with Crippen molar-refractivity contribution >= 4 is 11.9 Å². The second-order valence-corrected chi connectivity index (χ2v) is 5.75. The van der Waals surface area contributed by atoms with Crippen molar-refractivity contribution in [2.75, 3.05) is 14.2 Å². The van der Waals surface area contributed by atoms with E-state index in [1.807, 2.05) is 24.3 Å². The van der Waals surface area contributed by atoms with Crippen LogP contribution in [0.4, 0.5) is 5.69 Å². The maximum atomic E-state index is 11.3. The molecular formula is C20H19N3O5. The molecule has 0 unspecified atom stereocenters. The summed E-state index contributed by atoms with van der Waals surface area (Å²) in [7, 11) is 3.07. The summed E-state index contributed by atoms with van der Waals surface area (Å²) in [5.41, 5.74) is 4.17. The van der Waals surface area contributed by atoms with Crippen LogP contribution in [0.5, 0.6) is 11.5 Å². The number of para-hydroxylation sites is 1. The smallest absolute Gasteiger partial charge is 0.284 e. The van der Waals surface area contributed by atoms with Crippen molar-refractivity contribution in [2.45, 2.75) is 6.54 Å². The van der Waals surface area contributed by atoms with Gasteiger partial charge in [-0.3, -0.25) is 10.1 Å². The number of hydrazone groups is 1. The Balaban J connectivity index is 1.71. The summed E-state index contributed by atoms with van der Waals surface area (Å²) in [4.78, 5) is 10.9. The molecule has 144 valence electrons. The molecule has 0 saturated heterocycles. The van der Waals surface area contributed by atoms with E-state index in [9.17, 15) is 10.1 Å². The summed E-state index contributed by atoms with van der Waals surface area (Å²) < 4.78 is 16.0. The van der Waals surface area contributed by atoms with Gasteiger partial charge in [-0.1, -0.05) is 18.2 Å². The van der Waals surface area contributed by atoms with Crippen LogP contribution < -0.4 is 14.9 Å². The zero-order valence-corrected chi connectivity index (χ0v) is 15.4. The fourth-order valence-corrected chi connectivity index (χ4v) is 2.65. The second kappa shape index (κ2) is 8.72. The van der Waals surface area contributed by atoms with Crippen molar-refractivity contribution in [1.29, 1.82) is 0 Å². The average Bonchev–Trinajstić information content (AvgIpc) is 3.19. The predicted molar refractivity (Wildman–Crippen MR) is 105 cm³/mol. The standard InChI is InChI=1S/C20H19N3O5/c1-26-15-7-9-17(18(11-15)23(24)25)20-10-8-16(28-20)13-22-21-12-14-5-3-4-6-19(14)27-2/h3-11,13,21H,12H2,1-2H3/b22-13+. The number of nitrogens with one attached hydrogen (secondary N) is 1. The molecule has 0 amide bonds. The summed E-state index contributed by atoms with van der Waals surface area (Å²) in [5, 5.41) is 15.5. The molecular weight excluding hydrogens is 362 g/mol. The molecule has 0 aliphatic carbocycles. The third kappa shape index (κ3) is 4.29. The Morgan fingerprint density at radius 3 is 2.71 bits per heavy atom. The summed E-state index contributed by atoms with van der Waals surface area (Å²) >= 11 is 0. The number of nitro benzene ring substituents is 1. The predicted octanol–water partition coefficient (Wildman–Crippen LogP) is 4.00. The third-order valence-corrected chi connectivity index (χ3v) is 4.04. The van der Waals surface area contributed by atoms with E-state index in [-0.39, 0.29) is 5.69 Å². The highest BCUT2D eigenvalue weighted by molar-refractivity contribution is 5.78. The van der Waals surface area contributed by atoms with E-state index in [1.54, 1.807) is 31.4 Å². The van der Waals surface area contributed by atoms with Gasteiger partial charge < -0.3 is 19.3 Å². The van der Waals surface area contributed by atoms with Crippen LogP contribution in [0.15, 0.2) is 64.1 Å². The van der Waals surface area contributed by atoms with Crippen LogP contribution in [-0.2, 0) is 6.54 Å². The number of rotatable bonds is 8. The van der Waals surface area contributed by atoms with Crippen LogP contribution in [-0.4, -0.2) is 25.4 Å². The zero-order valence-electron chi connectivity index (χ0n) is 15.4. The Bertz CT molecular complexity index is 997. The van der Waals surface area contributed by atoms with Crippen LogP contribution in [0.3, 0.4) is 0 Å². The summed E-state index contributed by atoms with van der Waals surface area (Å²) in [6.45, 7) is 0.484. The monoisotopic (exact) mass is 381 g/mol. The number of hydrogen-bond acceptors (Lipinski definition) is 7. The van der Waals surface area contributed by atoms with Gasteiger partial charge in [-0.2, -0.15) is 5.10 Å². The van der Waals surface area contributed by atoms with E-state index in [1.165, 1.54) is 19.4 Å². The Kier molecular flexibility index (Phi) is 5.91. The minimum absolute atomic E-state index is 0.0912. The minimum atomic E-state index is -0.469. The zero-order chi connectivity index (χ0) is 19.9. The van der Waals surface area contributed by atoms with Crippen LogP contribution in [0, 0.1) is 10.1 Å². The summed E-state index contributed by atoms with van der Waals surface area (Å²) in [5.74, 6) is 2.02. The van der Waals surface area contributed by atoms with Gasteiger partial charge in [0.2, 0.25) is 0 Å². The van der Waals surface area contributed by atoms with Gasteiger partial charge in [0, 0.05) is 5.56 Å². The van der Waals surface area contributed by atoms with Gasteiger partial charge >= 0.3 is 0 Å². The molecule has 0 aliphatic heterocycles. The van der Waals surface area contributed by atoms with Crippen LogP contribution in [0.25, 0.3) is 11.3 Å². The number of nitro groups is 1. The highest BCUT2D eigenvalue weighted by Crippen LogP contribution is 2.33. The van der Waals surface area contributed by atoms with Crippen LogP contribution >= 0.6 is 0 Å². The first kappa shape index (κ1) is 19.0. The van der Waals surface area contributed by atoms with Gasteiger partial charge in [0.15, 0.2) is 0 Å². The highest BCUT2D eigenvalue weighted by Gasteiger charge is 2.19. The molecule has 3 aromatic rings. The quantitative estimate of drug-likeness (QED) is 0.360. The number of ether oxygens (including phenoxy) is 2. The van der Waals surface area contributed by atoms with E-state index in [0.717, 1.165) is 11.3 Å². The lowest BCUT2D eigenvalue weighted by molar-refractivity contribution is -0.384. The van der Waals surface area contributed by atoms with E-state index in [0.29, 0.717) is 29.4 Å². The van der Waals surface area contributed by atoms with Crippen molar-refractivity contribution in [3.05, 3.63) is 76.0 Å². The van der Waals surface area contributed by atoms with Crippen molar-refractivity contribution < 1.29 is 18.8 Å². The van der Waals surface area contributed by atoms with Crippen LogP contribution in [0.2, 0.25) is 0 Å². The molecule has 3 rings (SSSR count). The maximum absolute atomic E-state index is 11.3. The van der Waals surface area contributed by atoms with E-state index >= 15 is 0 Å². The molecule has 0 saturated carbocycles. The van der Waals surface area contributed by atoms with E-state index < -0.39 is 4.92 Å². The number of furan rings is 1. The minimum Gasteiger partial charge on any atom is -0.497 e. The van der Waals surface area contributed by atoms with Crippen molar-refractivity contribution in [3.8, 4) is 22.8 Å². The summed E-state index contributed by atoms with van der Waals surface area (Å²) in [6.07, 6.45) is 1.51. The fraction of sp³-hybridized carbons (Fsp3) is 0.150. The van der Waals surface area contributed by atoms with Crippen molar-refractivity contribution in [2.24, 2.45) is 5.10 Å². The third-order valence-electron chi connectivity index (χ3n) is 4.04.